The van der Waals surface area contributed by atoms with E-state index < -0.39 is 28.3 Å². The Morgan fingerprint density at radius 3 is 2.41 bits per heavy atom. The number of benzene rings is 2. The molecule has 3 rings (SSSR count). The molecule has 0 bridgehead atoms. The van der Waals surface area contributed by atoms with Crippen LogP contribution in [0.5, 0.6) is 0 Å². The third kappa shape index (κ3) is 5.51. The van der Waals surface area contributed by atoms with Crippen molar-refractivity contribution >= 4 is 44.5 Å². The van der Waals surface area contributed by atoms with Gasteiger partial charge in [0, 0.05) is 6.54 Å². The molecule has 2 aromatic carbocycles. The molecule has 0 radical (unpaired) electrons. The van der Waals surface area contributed by atoms with Gasteiger partial charge in [-0.1, -0.05) is 25.1 Å². The zero-order chi connectivity index (χ0) is 23.1. The van der Waals surface area contributed by atoms with E-state index in [4.69, 9.17) is 0 Å². The lowest BCUT2D eigenvalue weighted by molar-refractivity contribution is -0.114. The number of thiophene rings is 1. The fraction of sp³-hybridized carbons (Fsp3) is 0.182. The number of hydrogen-bond acceptors (Lipinski definition) is 5. The van der Waals surface area contributed by atoms with Gasteiger partial charge >= 0.3 is 0 Å². The van der Waals surface area contributed by atoms with Crippen LogP contribution >= 0.6 is 11.3 Å². The average molecular weight is 476 g/mol. The normalized spacial score (nSPS) is 11.1. The maximum Gasteiger partial charge on any atom is 0.274 e. The van der Waals surface area contributed by atoms with Gasteiger partial charge in [-0.2, -0.15) is 0 Å². The Labute approximate surface area is 189 Å². The summed E-state index contributed by atoms with van der Waals surface area (Å²) in [5, 5.41) is 6.98. The maximum atomic E-state index is 13.4. The zero-order valence-corrected chi connectivity index (χ0v) is 18.9. The molecular weight excluding hydrogens is 453 g/mol. The summed E-state index contributed by atoms with van der Waals surface area (Å²) in [7, 11) is -4.06. The molecule has 0 atom stereocenters. The summed E-state index contributed by atoms with van der Waals surface area (Å²) in [4.78, 5) is 25.2. The first kappa shape index (κ1) is 23.4. The molecule has 32 heavy (non-hydrogen) atoms. The molecule has 7 nitrogen and oxygen atoms in total. The second-order valence-electron chi connectivity index (χ2n) is 6.77. The van der Waals surface area contributed by atoms with Gasteiger partial charge in [0.1, 0.15) is 16.6 Å². The summed E-state index contributed by atoms with van der Waals surface area (Å²) in [5.41, 5.74) is 0.673. The number of anilines is 2. The molecule has 0 aliphatic heterocycles. The molecule has 0 saturated carbocycles. The summed E-state index contributed by atoms with van der Waals surface area (Å²) >= 11 is 1.01. The zero-order valence-electron chi connectivity index (χ0n) is 17.2. The lowest BCUT2D eigenvalue weighted by Crippen LogP contribution is -2.38. The Kier molecular flexibility index (Phi) is 7.60. The molecule has 168 valence electrons. The Morgan fingerprint density at radius 2 is 1.75 bits per heavy atom. The van der Waals surface area contributed by atoms with Gasteiger partial charge in [0.2, 0.25) is 5.91 Å². The Morgan fingerprint density at radius 1 is 1.03 bits per heavy atom. The SMILES string of the molecule is CCCNC(=O)c1ccccc1NC(=O)CN(c1ccc(F)cc1)S(=O)(=O)c1cccs1. The number of nitrogens with zero attached hydrogens (tertiary/aromatic N) is 1. The van der Waals surface area contributed by atoms with E-state index in [1.807, 2.05) is 6.92 Å². The van der Waals surface area contributed by atoms with Gasteiger partial charge in [-0.25, -0.2) is 12.8 Å². The minimum absolute atomic E-state index is 0.0500. The molecule has 0 fully saturated rings. The van der Waals surface area contributed by atoms with E-state index >= 15 is 0 Å². The fourth-order valence-electron chi connectivity index (χ4n) is 2.89. The highest BCUT2D eigenvalue weighted by molar-refractivity contribution is 7.94. The van der Waals surface area contributed by atoms with Crippen LogP contribution in [0.3, 0.4) is 0 Å². The van der Waals surface area contributed by atoms with Crippen LogP contribution < -0.4 is 14.9 Å². The van der Waals surface area contributed by atoms with Crippen molar-refractivity contribution in [2.45, 2.75) is 17.6 Å². The second kappa shape index (κ2) is 10.4. The molecule has 10 heteroatoms. The van der Waals surface area contributed by atoms with E-state index in [-0.39, 0.29) is 27.1 Å². The minimum Gasteiger partial charge on any atom is -0.352 e. The summed E-state index contributed by atoms with van der Waals surface area (Å²) in [6.07, 6.45) is 0.757. The molecule has 1 aromatic heterocycles. The van der Waals surface area contributed by atoms with Crippen molar-refractivity contribution in [3.8, 4) is 0 Å². The lowest BCUT2D eigenvalue weighted by Gasteiger charge is -2.23. The third-order valence-corrected chi connectivity index (χ3v) is 7.57. The van der Waals surface area contributed by atoms with Gasteiger partial charge in [-0.15, -0.1) is 11.3 Å². The summed E-state index contributed by atoms with van der Waals surface area (Å²) in [5.74, 6) is -1.52. The van der Waals surface area contributed by atoms with Crippen molar-refractivity contribution in [3.05, 3.63) is 77.4 Å². The first-order valence-electron chi connectivity index (χ1n) is 9.82. The monoisotopic (exact) mass is 475 g/mol. The van der Waals surface area contributed by atoms with E-state index in [0.717, 1.165) is 34.2 Å². The highest BCUT2D eigenvalue weighted by atomic mass is 32.2. The Bertz CT molecular complexity index is 1180. The number of para-hydroxylation sites is 1. The van der Waals surface area contributed by atoms with E-state index in [1.165, 1.54) is 18.2 Å². The Balaban J connectivity index is 1.87. The van der Waals surface area contributed by atoms with Crippen LogP contribution in [0.1, 0.15) is 23.7 Å². The number of sulfonamides is 1. The number of nitrogens with one attached hydrogen (secondary N) is 2. The minimum atomic E-state index is -4.06. The van der Waals surface area contributed by atoms with E-state index in [0.29, 0.717) is 6.54 Å². The van der Waals surface area contributed by atoms with Crippen molar-refractivity contribution in [2.24, 2.45) is 0 Å². The Hall–Kier alpha value is -3.24. The molecule has 1 heterocycles. The molecule has 0 saturated heterocycles. The first-order chi connectivity index (χ1) is 15.3. The van der Waals surface area contributed by atoms with Crippen LogP contribution in [-0.4, -0.2) is 33.3 Å². The molecule has 0 aliphatic rings. The molecule has 2 N–H and O–H groups in total. The van der Waals surface area contributed by atoms with Crippen LogP contribution in [0.25, 0.3) is 0 Å². The molecule has 0 aliphatic carbocycles. The largest absolute Gasteiger partial charge is 0.352 e. The van der Waals surface area contributed by atoms with Crippen molar-refractivity contribution in [3.63, 3.8) is 0 Å². The number of hydrogen-bond donors (Lipinski definition) is 2. The van der Waals surface area contributed by atoms with Crippen LogP contribution in [0.4, 0.5) is 15.8 Å². The standard InChI is InChI=1S/C22H22FN3O4S2/c1-2-13-24-22(28)18-6-3-4-7-19(18)25-20(27)15-26(17-11-9-16(23)10-12-17)32(29,30)21-8-5-14-31-21/h3-12,14H,2,13,15H2,1H3,(H,24,28)(H,25,27). The number of carbonyl (C=O) groups is 2. The summed E-state index contributed by atoms with van der Waals surface area (Å²) < 4.78 is 40.7. The highest BCUT2D eigenvalue weighted by Gasteiger charge is 2.28. The van der Waals surface area contributed by atoms with Gasteiger partial charge in [0.15, 0.2) is 0 Å². The fourth-order valence-corrected chi connectivity index (χ4v) is 5.41. The number of amides is 2. The maximum absolute atomic E-state index is 13.4. The smallest absolute Gasteiger partial charge is 0.274 e. The van der Waals surface area contributed by atoms with Gasteiger partial charge in [-0.05, 0) is 54.3 Å². The van der Waals surface area contributed by atoms with Crippen molar-refractivity contribution in [1.82, 2.24) is 5.32 Å². The lowest BCUT2D eigenvalue weighted by atomic mass is 10.1. The summed E-state index contributed by atoms with van der Waals surface area (Å²) in [6, 6.07) is 14.3. The van der Waals surface area contributed by atoms with Crippen LogP contribution in [0.2, 0.25) is 0 Å². The topological polar surface area (TPSA) is 95.6 Å². The number of carbonyl (C=O) groups excluding carboxylic acids is 2. The molecular formula is C22H22FN3O4S2. The van der Waals surface area contributed by atoms with Crippen LogP contribution in [0, 0.1) is 5.82 Å². The van der Waals surface area contributed by atoms with Crippen molar-refractivity contribution < 1.29 is 22.4 Å². The van der Waals surface area contributed by atoms with Gasteiger partial charge < -0.3 is 10.6 Å². The number of rotatable bonds is 9. The first-order valence-corrected chi connectivity index (χ1v) is 12.1. The quantitative estimate of drug-likeness (QED) is 0.491. The predicted molar refractivity (Wildman–Crippen MR) is 123 cm³/mol. The average Bonchev–Trinajstić information content (AvgIpc) is 3.33. The second-order valence-corrected chi connectivity index (χ2v) is 9.81. The molecule has 0 unspecified atom stereocenters. The van der Waals surface area contributed by atoms with Crippen LogP contribution in [-0.2, 0) is 14.8 Å². The summed E-state index contributed by atoms with van der Waals surface area (Å²) in [6.45, 7) is 1.85. The van der Waals surface area contributed by atoms with Crippen molar-refractivity contribution in [1.29, 1.82) is 0 Å². The third-order valence-electron chi connectivity index (χ3n) is 4.42. The molecule has 3 aromatic rings. The van der Waals surface area contributed by atoms with E-state index in [1.54, 1.807) is 35.7 Å². The van der Waals surface area contributed by atoms with Gasteiger partial charge in [0.05, 0.1) is 16.9 Å². The van der Waals surface area contributed by atoms with Gasteiger partial charge in [-0.3, -0.25) is 13.9 Å². The van der Waals surface area contributed by atoms with Gasteiger partial charge in [0.25, 0.3) is 15.9 Å². The molecule has 0 spiro atoms. The number of halogens is 1. The predicted octanol–water partition coefficient (Wildman–Crippen LogP) is 3.86. The highest BCUT2D eigenvalue weighted by Crippen LogP contribution is 2.27. The van der Waals surface area contributed by atoms with Crippen LogP contribution in [0.15, 0.2) is 70.3 Å². The van der Waals surface area contributed by atoms with E-state index in [2.05, 4.69) is 10.6 Å². The molecule has 2 amide bonds. The van der Waals surface area contributed by atoms with Crippen molar-refractivity contribution in [2.75, 3.05) is 22.7 Å². The van der Waals surface area contributed by atoms with E-state index in [9.17, 15) is 22.4 Å².